The van der Waals surface area contributed by atoms with Gasteiger partial charge in [0.05, 0.1) is 21.8 Å². The van der Waals surface area contributed by atoms with Crippen LogP contribution in [0.5, 0.6) is 0 Å². The number of alkyl halides is 2. The summed E-state index contributed by atoms with van der Waals surface area (Å²) in [7, 11) is 0. The third-order valence-corrected chi connectivity index (χ3v) is 6.84. The van der Waals surface area contributed by atoms with E-state index in [-0.39, 0.29) is 11.7 Å². The number of halogens is 2. The number of imidazole rings is 1. The van der Waals surface area contributed by atoms with E-state index in [2.05, 4.69) is 20.3 Å². The molecular formula is C19H15F2N5OS3. The predicted octanol–water partition coefficient (Wildman–Crippen LogP) is 5.71. The topological polar surface area (TPSA) is 72.7 Å². The fourth-order valence-corrected chi connectivity index (χ4v) is 5.07. The van der Waals surface area contributed by atoms with Crippen LogP contribution in [0.25, 0.3) is 10.7 Å². The lowest BCUT2D eigenvalue weighted by atomic mass is 10.2. The van der Waals surface area contributed by atoms with Gasteiger partial charge < -0.3 is 0 Å². The molecule has 4 aromatic rings. The minimum absolute atomic E-state index is 0.127. The second-order valence-corrected chi connectivity index (χ2v) is 8.88. The van der Waals surface area contributed by atoms with Crippen molar-refractivity contribution in [2.45, 2.75) is 24.1 Å². The monoisotopic (exact) mass is 463 g/mol. The van der Waals surface area contributed by atoms with Crippen molar-refractivity contribution in [3.63, 3.8) is 0 Å². The fourth-order valence-electron chi connectivity index (χ4n) is 2.64. The van der Waals surface area contributed by atoms with Gasteiger partial charge in [-0.15, -0.1) is 23.1 Å². The molecule has 0 saturated heterocycles. The van der Waals surface area contributed by atoms with Gasteiger partial charge in [-0.05, 0) is 31.2 Å². The lowest BCUT2D eigenvalue weighted by Crippen LogP contribution is -2.11. The molecule has 0 unspecified atom stereocenters. The van der Waals surface area contributed by atoms with Crippen LogP contribution < -0.4 is 5.32 Å². The smallest absolute Gasteiger partial charge is 0.298 e. The Balaban J connectivity index is 1.43. The third kappa shape index (κ3) is 4.58. The summed E-state index contributed by atoms with van der Waals surface area (Å²) in [4.78, 5) is 26.6. The first-order chi connectivity index (χ1) is 14.5. The van der Waals surface area contributed by atoms with E-state index >= 15 is 0 Å². The van der Waals surface area contributed by atoms with E-state index in [4.69, 9.17) is 0 Å². The third-order valence-electron chi connectivity index (χ3n) is 4.09. The second-order valence-electron chi connectivity index (χ2n) is 6.12. The summed E-state index contributed by atoms with van der Waals surface area (Å²) in [6, 6.07) is 7.24. The van der Waals surface area contributed by atoms with Crippen LogP contribution in [0.15, 0.2) is 52.4 Å². The Morgan fingerprint density at radius 2 is 2.07 bits per heavy atom. The molecule has 1 N–H and O–H groups in total. The Morgan fingerprint density at radius 3 is 2.77 bits per heavy atom. The molecule has 1 amide bonds. The van der Waals surface area contributed by atoms with Gasteiger partial charge in [-0.25, -0.2) is 15.0 Å². The van der Waals surface area contributed by atoms with E-state index in [0.717, 1.165) is 32.2 Å². The Kier molecular flexibility index (Phi) is 6.21. The summed E-state index contributed by atoms with van der Waals surface area (Å²) in [6.07, 6.45) is 2.53. The number of nitrogens with one attached hydrogen (secondary N) is 1. The number of thioether (sulfide) groups is 1. The molecule has 4 rings (SSSR count). The Hall–Kier alpha value is -2.63. The van der Waals surface area contributed by atoms with Gasteiger partial charge in [-0.2, -0.15) is 8.78 Å². The van der Waals surface area contributed by atoms with Crippen molar-refractivity contribution in [3.05, 3.63) is 64.5 Å². The van der Waals surface area contributed by atoms with Crippen LogP contribution in [0.2, 0.25) is 0 Å². The Labute approximate surface area is 183 Å². The van der Waals surface area contributed by atoms with E-state index in [9.17, 15) is 13.6 Å². The molecule has 11 heteroatoms. The van der Waals surface area contributed by atoms with E-state index in [1.54, 1.807) is 47.7 Å². The minimum atomic E-state index is -2.70. The number of hydrogen-bond donors (Lipinski definition) is 1. The molecular weight excluding hydrogens is 448 g/mol. The summed E-state index contributed by atoms with van der Waals surface area (Å²) in [5.74, 6) is 0.579. The van der Waals surface area contributed by atoms with E-state index in [0.29, 0.717) is 21.3 Å². The molecule has 0 aliphatic carbocycles. The summed E-state index contributed by atoms with van der Waals surface area (Å²) in [5, 5.41) is 5.07. The van der Waals surface area contributed by atoms with Crippen molar-refractivity contribution < 1.29 is 13.6 Å². The first-order valence-electron chi connectivity index (χ1n) is 8.71. The number of benzene rings is 1. The summed E-state index contributed by atoms with van der Waals surface area (Å²) in [5.41, 5.74) is 3.83. The number of carbonyl (C=O) groups excluding carboxylic acids is 1. The molecule has 0 radical (unpaired) electrons. The van der Waals surface area contributed by atoms with Crippen LogP contribution in [-0.4, -0.2) is 25.4 Å². The SMILES string of the molecule is Cc1nc(NC(=O)c2ccc(SCc3cscn3)cc2)sc1-c1nccn1C(F)F. The average molecular weight is 464 g/mol. The van der Waals surface area contributed by atoms with Crippen LogP contribution in [0, 0.1) is 6.92 Å². The second kappa shape index (κ2) is 9.02. The molecule has 154 valence electrons. The maximum atomic E-state index is 13.1. The van der Waals surface area contributed by atoms with Crippen LogP contribution in [0.3, 0.4) is 0 Å². The molecule has 0 aliphatic heterocycles. The van der Waals surface area contributed by atoms with Crippen LogP contribution in [0.4, 0.5) is 13.9 Å². The van der Waals surface area contributed by atoms with Crippen molar-refractivity contribution in [1.82, 2.24) is 19.5 Å². The van der Waals surface area contributed by atoms with Crippen LogP contribution in [-0.2, 0) is 5.75 Å². The molecule has 0 spiro atoms. The highest BCUT2D eigenvalue weighted by atomic mass is 32.2. The van der Waals surface area contributed by atoms with Gasteiger partial charge in [0.25, 0.3) is 5.91 Å². The molecule has 0 aliphatic rings. The van der Waals surface area contributed by atoms with Crippen LogP contribution >= 0.6 is 34.4 Å². The van der Waals surface area contributed by atoms with Gasteiger partial charge in [-0.3, -0.25) is 14.7 Å². The van der Waals surface area contributed by atoms with Crippen molar-refractivity contribution in [1.29, 1.82) is 0 Å². The average Bonchev–Trinajstić information content (AvgIpc) is 3.47. The highest BCUT2D eigenvalue weighted by molar-refractivity contribution is 7.98. The number of amides is 1. The van der Waals surface area contributed by atoms with E-state index < -0.39 is 6.55 Å². The standard InChI is InChI=1S/C19H15F2N5OS3/c1-11-15(16-22-6-7-26(16)18(20)21)30-19(24-11)25-17(27)12-2-4-14(5-3-12)29-9-13-8-28-10-23-13/h2-8,10,18H,9H2,1H3,(H,24,25,27). The van der Waals surface area contributed by atoms with Crippen LogP contribution in [0.1, 0.15) is 28.3 Å². The molecule has 0 saturated carbocycles. The Morgan fingerprint density at radius 1 is 1.27 bits per heavy atom. The highest BCUT2D eigenvalue weighted by Gasteiger charge is 2.19. The first-order valence-corrected chi connectivity index (χ1v) is 11.5. The molecule has 0 atom stereocenters. The number of aryl methyl sites for hydroxylation is 1. The van der Waals surface area contributed by atoms with Gasteiger partial charge in [0.15, 0.2) is 11.0 Å². The number of anilines is 1. The van der Waals surface area contributed by atoms with Gasteiger partial charge in [-0.1, -0.05) is 11.3 Å². The summed E-state index contributed by atoms with van der Waals surface area (Å²) < 4.78 is 27.0. The highest BCUT2D eigenvalue weighted by Crippen LogP contribution is 2.33. The van der Waals surface area contributed by atoms with E-state index in [1.807, 2.05) is 17.5 Å². The largest absolute Gasteiger partial charge is 0.320 e. The maximum Gasteiger partial charge on any atom is 0.320 e. The summed E-state index contributed by atoms with van der Waals surface area (Å²) >= 11 is 4.31. The molecule has 3 heterocycles. The molecule has 1 aromatic carbocycles. The lowest BCUT2D eigenvalue weighted by molar-refractivity contribution is 0.0720. The zero-order chi connectivity index (χ0) is 21.1. The number of aromatic nitrogens is 4. The minimum Gasteiger partial charge on any atom is -0.298 e. The maximum absolute atomic E-state index is 13.1. The normalized spacial score (nSPS) is 11.2. The first kappa shape index (κ1) is 20.6. The number of rotatable bonds is 7. The Bertz CT molecular complexity index is 1140. The number of nitrogens with zero attached hydrogens (tertiary/aromatic N) is 4. The number of hydrogen-bond acceptors (Lipinski definition) is 7. The van der Waals surface area contributed by atoms with Gasteiger partial charge >= 0.3 is 6.55 Å². The van der Waals surface area contributed by atoms with Gasteiger partial charge in [0, 0.05) is 34.0 Å². The van der Waals surface area contributed by atoms with Gasteiger partial charge in [0.2, 0.25) is 0 Å². The van der Waals surface area contributed by atoms with Gasteiger partial charge in [0.1, 0.15) is 0 Å². The summed E-state index contributed by atoms with van der Waals surface area (Å²) in [6.45, 7) is -1.01. The zero-order valence-corrected chi connectivity index (χ0v) is 18.0. The molecule has 0 bridgehead atoms. The zero-order valence-electron chi connectivity index (χ0n) is 15.6. The molecule has 3 aromatic heterocycles. The molecule has 0 fully saturated rings. The van der Waals surface area contributed by atoms with Crippen molar-refractivity contribution in [2.75, 3.05) is 5.32 Å². The number of thiazole rings is 2. The molecule has 30 heavy (non-hydrogen) atoms. The quantitative estimate of drug-likeness (QED) is 0.355. The van der Waals surface area contributed by atoms with Crippen molar-refractivity contribution in [2.24, 2.45) is 0 Å². The van der Waals surface area contributed by atoms with Crippen molar-refractivity contribution >= 4 is 45.5 Å². The fraction of sp³-hybridized carbons (Fsp3) is 0.158. The predicted molar refractivity (Wildman–Crippen MR) is 115 cm³/mol. The lowest BCUT2D eigenvalue weighted by Gasteiger charge is -2.04. The van der Waals surface area contributed by atoms with E-state index in [1.165, 1.54) is 12.4 Å². The van der Waals surface area contributed by atoms with Crippen molar-refractivity contribution in [3.8, 4) is 10.7 Å². The number of carbonyl (C=O) groups is 1. The molecule has 6 nitrogen and oxygen atoms in total.